The minimum absolute atomic E-state index is 0.796. The molecule has 1 aromatic carbocycles. The van der Waals surface area contributed by atoms with Crippen molar-refractivity contribution in [2.24, 2.45) is 0 Å². The van der Waals surface area contributed by atoms with Crippen molar-refractivity contribution in [3.63, 3.8) is 0 Å². The van der Waals surface area contributed by atoms with E-state index in [1.807, 2.05) is 18.2 Å². The molecule has 0 aliphatic heterocycles. The SMILES string of the molecule is Cc1cc2ccccc2nc1NCc1sccc1Br. The normalized spacial score (nSPS) is 10.8. The summed E-state index contributed by atoms with van der Waals surface area (Å²) in [5.41, 5.74) is 2.20. The standard InChI is InChI=1S/C15H13BrN2S/c1-10-8-11-4-2-3-5-13(11)18-15(10)17-9-14-12(16)6-7-19-14/h2-8H,9H2,1H3,(H,17,18). The van der Waals surface area contributed by atoms with Gasteiger partial charge in [-0.1, -0.05) is 18.2 Å². The molecule has 0 atom stereocenters. The first kappa shape index (κ1) is 12.6. The second-order valence-electron chi connectivity index (χ2n) is 4.39. The quantitative estimate of drug-likeness (QED) is 0.731. The van der Waals surface area contributed by atoms with Crippen LogP contribution in [0.2, 0.25) is 0 Å². The van der Waals surface area contributed by atoms with Crippen LogP contribution in [0.4, 0.5) is 5.82 Å². The van der Waals surface area contributed by atoms with Crippen molar-refractivity contribution in [1.29, 1.82) is 0 Å². The van der Waals surface area contributed by atoms with Crippen LogP contribution in [0.3, 0.4) is 0 Å². The van der Waals surface area contributed by atoms with Crippen molar-refractivity contribution in [2.75, 3.05) is 5.32 Å². The zero-order chi connectivity index (χ0) is 13.2. The number of halogens is 1. The van der Waals surface area contributed by atoms with Gasteiger partial charge in [-0.15, -0.1) is 11.3 Å². The van der Waals surface area contributed by atoms with Crippen molar-refractivity contribution in [1.82, 2.24) is 4.98 Å². The maximum absolute atomic E-state index is 4.68. The number of hydrogen-bond acceptors (Lipinski definition) is 3. The number of anilines is 1. The van der Waals surface area contributed by atoms with E-state index in [1.165, 1.54) is 15.8 Å². The number of fused-ring (bicyclic) bond motifs is 1. The molecule has 0 amide bonds. The summed E-state index contributed by atoms with van der Waals surface area (Å²) in [4.78, 5) is 5.97. The Balaban J connectivity index is 1.88. The van der Waals surface area contributed by atoms with Gasteiger partial charge in [-0.05, 0) is 52.0 Å². The van der Waals surface area contributed by atoms with E-state index in [0.29, 0.717) is 0 Å². The predicted molar refractivity (Wildman–Crippen MR) is 85.8 cm³/mol. The van der Waals surface area contributed by atoms with Gasteiger partial charge in [0.05, 0.1) is 12.1 Å². The number of benzene rings is 1. The van der Waals surface area contributed by atoms with Crippen molar-refractivity contribution < 1.29 is 0 Å². The molecule has 0 aliphatic carbocycles. The van der Waals surface area contributed by atoms with Gasteiger partial charge in [-0.2, -0.15) is 0 Å². The van der Waals surface area contributed by atoms with Gasteiger partial charge in [0.15, 0.2) is 0 Å². The molecule has 2 heterocycles. The Morgan fingerprint density at radius 3 is 2.89 bits per heavy atom. The van der Waals surface area contributed by atoms with Gasteiger partial charge in [0, 0.05) is 14.7 Å². The lowest BCUT2D eigenvalue weighted by molar-refractivity contribution is 1.13. The summed E-state index contributed by atoms with van der Waals surface area (Å²) in [5.74, 6) is 0.957. The van der Waals surface area contributed by atoms with E-state index >= 15 is 0 Å². The molecular formula is C15H13BrN2S. The minimum Gasteiger partial charge on any atom is -0.365 e. The van der Waals surface area contributed by atoms with Crippen molar-refractivity contribution in [3.05, 3.63) is 56.7 Å². The van der Waals surface area contributed by atoms with E-state index in [-0.39, 0.29) is 0 Å². The zero-order valence-corrected chi connectivity index (χ0v) is 12.9. The topological polar surface area (TPSA) is 24.9 Å². The van der Waals surface area contributed by atoms with Gasteiger partial charge in [0.2, 0.25) is 0 Å². The predicted octanol–water partition coefficient (Wildman–Crippen LogP) is 4.98. The molecule has 3 rings (SSSR count). The number of pyridine rings is 1. The van der Waals surface area contributed by atoms with Crippen LogP contribution in [0.1, 0.15) is 10.4 Å². The fourth-order valence-corrected chi connectivity index (χ4v) is 3.45. The summed E-state index contributed by atoms with van der Waals surface area (Å²) < 4.78 is 1.16. The van der Waals surface area contributed by atoms with E-state index in [1.54, 1.807) is 11.3 Å². The molecule has 0 saturated carbocycles. The molecule has 0 aliphatic rings. The lowest BCUT2D eigenvalue weighted by Gasteiger charge is -2.09. The average molecular weight is 333 g/mol. The van der Waals surface area contributed by atoms with Crippen molar-refractivity contribution in [2.45, 2.75) is 13.5 Å². The van der Waals surface area contributed by atoms with Crippen LogP contribution < -0.4 is 5.32 Å². The molecule has 2 nitrogen and oxygen atoms in total. The van der Waals surface area contributed by atoms with E-state index < -0.39 is 0 Å². The second-order valence-corrected chi connectivity index (χ2v) is 6.25. The molecule has 0 saturated heterocycles. The molecule has 0 spiro atoms. The highest BCUT2D eigenvalue weighted by Gasteiger charge is 2.05. The van der Waals surface area contributed by atoms with Crippen LogP contribution >= 0.6 is 27.3 Å². The highest BCUT2D eigenvalue weighted by molar-refractivity contribution is 9.10. The monoisotopic (exact) mass is 332 g/mol. The van der Waals surface area contributed by atoms with Crippen LogP contribution in [0.15, 0.2) is 46.3 Å². The molecule has 0 fully saturated rings. The van der Waals surface area contributed by atoms with Gasteiger partial charge in [-0.25, -0.2) is 4.98 Å². The van der Waals surface area contributed by atoms with E-state index in [4.69, 9.17) is 0 Å². The van der Waals surface area contributed by atoms with Gasteiger partial charge in [0.25, 0.3) is 0 Å². The number of para-hydroxylation sites is 1. The van der Waals surface area contributed by atoms with Gasteiger partial charge in [-0.3, -0.25) is 0 Å². The van der Waals surface area contributed by atoms with Gasteiger partial charge >= 0.3 is 0 Å². The number of nitrogens with zero attached hydrogens (tertiary/aromatic N) is 1. The van der Waals surface area contributed by atoms with Crippen LogP contribution in [-0.2, 0) is 6.54 Å². The summed E-state index contributed by atoms with van der Waals surface area (Å²) >= 11 is 5.29. The first-order chi connectivity index (χ1) is 9.24. The fraction of sp³-hybridized carbons (Fsp3) is 0.133. The Bertz CT molecular complexity index is 721. The van der Waals surface area contributed by atoms with Crippen molar-refractivity contribution >= 4 is 44.0 Å². The summed E-state index contributed by atoms with van der Waals surface area (Å²) in [7, 11) is 0. The molecular weight excluding hydrogens is 320 g/mol. The molecule has 2 aromatic heterocycles. The van der Waals surface area contributed by atoms with E-state index in [9.17, 15) is 0 Å². The number of nitrogens with one attached hydrogen (secondary N) is 1. The van der Waals surface area contributed by atoms with E-state index in [2.05, 4.69) is 56.7 Å². The Kier molecular flexibility index (Phi) is 3.53. The Labute approximate surface area is 124 Å². The Morgan fingerprint density at radius 2 is 2.11 bits per heavy atom. The first-order valence-corrected chi connectivity index (χ1v) is 7.73. The average Bonchev–Trinajstić information content (AvgIpc) is 2.82. The number of aryl methyl sites for hydroxylation is 1. The Hall–Kier alpha value is -1.39. The molecule has 0 bridgehead atoms. The molecule has 3 aromatic rings. The maximum Gasteiger partial charge on any atom is 0.129 e. The third kappa shape index (κ3) is 2.65. The van der Waals surface area contributed by atoms with Gasteiger partial charge < -0.3 is 5.32 Å². The largest absolute Gasteiger partial charge is 0.365 e. The van der Waals surface area contributed by atoms with Crippen LogP contribution in [0, 0.1) is 6.92 Å². The highest BCUT2D eigenvalue weighted by Crippen LogP contribution is 2.25. The summed E-state index contributed by atoms with van der Waals surface area (Å²) in [6, 6.07) is 12.4. The summed E-state index contributed by atoms with van der Waals surface area (Å²) in [6.07, 6.45) is 0. The third-order valence-electron chi connectivity index (χ3n) is 3.02. The number of hydrogen-bond donors (Lipinski definition) is 1. The molecule has 96 valence electrons. The second kappa shape index (κ2) is 5.31. The van der Waals surface area contributed by atoms with Gasteiger partial charge in [0.1, 0.15) is 5.82 Å². The number of rotatable bonds is 3. The third-order valence-corrected chi connectivity index (χ3v) is 4.95. The molecule has 0 unspecified atom stereocenters. The van der Waals surface area contributed by atoms with E-state index in [0.717, 1.165) is 22.4 Å². The maximum atomic E-state index is 4.68. The minimum atomic E-state index is 0.796. The lowest BCUT2D eigenvalue weighted by atomic mass is 10.1. The first-order valence-electron chi connectivity index (χ1n) is 6.06. The Morgan fingerprint density at radius 1 is 1.26 bits per heavy atom. The molecule has 4 heteroatoms. The molecule has 1 N–H and O–H groups in total. The lowest BCUT2D eigenvalue weighted by Crippen LogP contribution is -2.02. The van der Waals surface area contributed by atoms with Crippen LogP contribution in [-0.4, -0.2) is 4.98 Å². The van der Waals surface area contributed by atoms with Crippen LogP contribution in [0.5, 0.6) is 0 Å². The molecule has 0 radical (unpaired) electrons. The number of thiophene rings is 1. The highest BCUT2D eigenvalue weighted by atomic mass is 79.9. The number of aromatic nitrogens is 1. The van der Waals surface area contributed by atoms with Crippen LogP contribution in [0.25, 0.3) is 10.9 Å². The molecule has 19 heavy (non-hydrogen) atoms. The summed E-state index contributed by atoms with van der Waals surface area (Å²) in [6.45, 7) is 2.88. The fourth-order valence-electron chi connectivity index (χ4n) is 2.02. The zero-order valence-electron chi connectivity index (χ0n) is 10.5. The summed E-state index contributed by atoms with van der Waals surface area (Å²) in [5, 5.41) is 6.69. The van der Waals surface area contributed by atoms with Crippen molar-refractivity contribution in [3.8, 4) is 0 Å². The smallest absolute Gasteiger partial charge is 0.129 e.